The lowest BCUT2D eigenvalue weighted by Crippen LogP contribution is -2.45. The second kappa shape index (κ2) is 7.32. The Labute approximate surface area is 143 Å². The zero-order valence-corrected chi connectivity index (χ0v) is 14.2. The van der Waals surface area contributed by atoms with Crippen LogP contribution >= 0.6 is 12.4 Å². The van der Waals surface area contributed by atoms with Crippen LogP contribution in [-0.4, -0.2) is 42.4 Å². The zero-order chi connectivity index (χ0) is 15.7. The lowest BCUT2D eigenvalue weighted by Gasteiger charge is -2.31. The van der Waals surface area contributed by atoms with Crippen LogP contribution in [0.4, 0.5) is 5.69 Å². The van der Waals surface area contributed by atoms with Crippen LogP contribution in [-0.2, 0) is 9.59 Å². The molecule has 0 radical (unpaired) electrons. The van der Waals surface area contributed by atoms with E-state index >= 15 is 0 Å². The highest BCUT2D eigenvalue weighted by atomic mass is 35.5. The highest BCUT2D eigenvalue weighted by Crippen LogP contribution is 2.27. The monoisotopic (exact) mass is 337 g/mol. The number of piperidine rings is 1. The smallest absolute Gasteiger partial charge is 0.228 e. The molecule has 2 heterocycles. The Kier molecular flexibility index (Phi) is 5.65. The van der Waals surface area contributed by atoms with Gasteiger partial charge in [0.25, 0.3) is 0 Å². The number of carbonyl (C=O) groups excluding carboxylic acids is 2. The summed E-state index contributed by atoms with van der Waals surface area (Å²) in [4.78, 5) is 28.4. The zero-order valence-electron chi connectivity index (χ0n) is 13.4. The van der Waals surface area contributed by atoms with E-state index in [4.69, 9.17) is 5.73 Å². The molecule has 1 atom stereocenters. The largest absolute Gasteiger partial charge is 0.342 e. The summed E-state index contributed by atoms with van der Waals surface area (Å²) in [6.45, 7) is 3.94. The average molecular weight is 338 g/mol. The number of hydrogen-bond acceptors (Lipinski definition) is 3. The molecule has 23 heavy (non-hydrogen) atoms. The van der Waals surface area contributed by atoms with Gasteiger partial charge in [-0.3, -0.25) is 9.59 Å². The van der Waals surface area contributed by atoms with Gasteiger partial charge in [-0.1, -0.05) is 17.7 Å². The van der Waals surface area contributed by atoms with Crippen LogP contribution in [0.2, 0.25) is 0 Å². The Morgan fingerprint density at radius 1 is 1.17 bits per heavy atom. The molecule has 0 bridgehead atoms. The fourth-order valence-corrected chi connectivity index (χ4v) is 3.23. The van der Waals surface area contributed by atoms with Gasteiger partial charge in [0.05, 0.1) is 5.92 Å². The number of likely N-dealkylation sites (tertiary alicyclic amines) is 1. The maximum Gasteiger partial charge on any atom is 0.228 e. The number of rotatable bonds is 2. The van der Waals surface area contributed by atoms with Gasteiger partial charge < -0.3 is 15.5 Å². The van der Waals surface area contributed by atoms with Crippen LogP contribution in [0.25, 0.3) is 0 Å². The molecule has 2 aliphatic heterocycles. The third-order valence-corrected chi connectivity index (χ3v) is 4.67. The molecule has 0 spiro atoms. The molecule has 0 aliphatic carbocycles. The fraction of sp³-hybridized carbons (Fsp3) is 0.529. The first kappa shape index (κ1) is 17.8. The number of carbonyl (C=O) groups is 2. The number of aryl methyl sites for hydroxylation is 1. The molecule has 2 N–H and O–H groups in total. The summed E-state index contributed by atoms with van der Waals surface area (Å²) in [6.07, 6.45) is 2.03. The molecule has 1 unspecified atom stereocenters. The Morgan fingerprint density at radius 2 is 1.78 bits per heavy atom. The first-order chi connectivity index (χ1) is 10.5. The topological polar surface area (TPSA) is 66.6 Å². The molecule has 0 saturated carbocycles. The van der Waals surface area contributed by atoms with Crippen molar-refractivity contribution in [1.29, 1.82) is 0 Å². The van der Waals surface area contributed by atoms with E-state index in [2.05, 4.69) is 0 Å². The molecule has 2 fully saturated rings. The SMILES string of the molecule is Cc1ccc(N2CC(C(=O)N3CCC(N)CC3)CC2=O)cc1.Cl. The van der Waals surface area contributed by atoms with Gasteiger partial charge in [-0.2, -0.15) is 0 Å². The summed E-state index contributed by atoms with van der Waals surface area (Å²) in [6, 6.07) is 8.08. The van der Waals surface area contributed by atoms with Gasteiger partial charge >= 0.3 is 0 Å². The van der Waals surface area contributed by atoms with Crippen molar-refractivity contribution in [3.8, 4) is 0 Å². The van der Waals surface area contributed by atoms with Gasteiger partial charge in [0.2, 0.25) is 11.8 Å². The Hall–Kier alpha value is -1.59. The predicted octanol–water partition coefficient (Wildman–Crippen LogP) is 1.72. The lowest BCUT2D eigenvalue weighted by atomic mass is 10.0. The fourth-order valence-electron chi connectivity index (χ4n) is 3.23. The number of amides is 2. The molecule has 0 aromatic heterocycles. The number of halogens is 1. The molecule has 1 aromatic carbocycles. The van der Waals surface area contributed by atoms with Crippen molar-refractivity contribution >= 4 is 29.9 Å². The lowest BCUT2D eigenvalue weighted by molar-refractivity contribution is -0.136. The summed E-state index contributed by atoms with van der Waals surface area (Å²) in [7, 11) is 0. The van der Waals surface area contributed by atoms with Gasteiger partial charge in [-0.15, -0.1) is 12.4 Å². The van der Waals surface area contributed by atoms with Gasteiger partial charge in [-0.25, -0.2) is 0 Å². The molecule has 3 rings (SSSR count). The van der Waals surface area contributed by atoms with E-state index in [9.17, 15) is 9.59 Å². The average Bonchev–Trinajstić information content (AvgIpc) is 2.90. The second-order valence-electron chi connectivity index (χ2n) is 6.40. The standard InChI is InChI=1S/C17H23N3O2.ClH/c1-12-2-4-15(5-3-12)20-11-13(10-16(20)21)17(22)19-8-6-14(18)7-9-19;/h2-5,13-14H,6-11,18H2,1H3;1H. The number of anilines is 1. The van der Waals surface area contributed by atoms with E-state index < -0.39 is 0 Å². The van der Waals surface area contributed by atoms with Crippen molar-refractivity contribution in [3.05, 3.63) is 29.8 Å². The highest BCUT2D eigenvalue weighted by Gasteiger charge is 2.37. The van der Waals surface area contributed by atoms with Crippen molar-refractivity contribution < 1.29 is 9.59 Å². The highest BCUT2D eigenvalue weighted by molar-refractivity contribution is 6.00. The Morgan fingerprint density at radius 3 is 2.39 bits per heavy atom. The third kappa shape index (κ3) is 3.85. The molecule has 2 aliphatic rings. The van der Waals surface area contributed by atoms with E-state index in [1.807, 2.05) is 36.1 Å². The Balaban J connectivity index is 0.00000192. The molecule has 2 amide bonds. The van der Waals surface area contributed by atoms with Gasteiger partial charge in [-0.05, 0) is 31.9 Å². The van der Waals surface area contributed by atoms with Crippen LogP contribution in [0, 0.1) is 12.8 Å². The number of nitrogens with zero attached hydrogens (tertiary/aromatic N) is 2. The maximum absolute atomic E-state index is 12.6. The van der Waals surface area contributed by atoms with E-state index in [0.29, 0.717) is 13.0 Å². The molecule has 6 heteroatoms. The summed E-state index contributed by atoms with van der Waals surface area (Å²) < 4.78 is 0. The van der Waals surface area contributed by atoms with E-state index in [0.717, 1.165) is 37.2 Å². The van der Waals surface area contributed by atoms with E-state index in [1.165, 1.54) is 0 Å². The van der Waals surface area contributed by atoms with E-state index in [1.54, 1.807) is 4.90 Å². The number of hydrogen-bond donors (Lipinski definition) is 1. The minimum atomic E-state index is -0.219. The molecule has 126 valence electrons. The van der Waals surface area contributed by atoms with Gasteiger partial charge in [0, 0.05) is 37.8 Å². The van der Waals surface area contributed by atoms with Crippen molar-refractivity contribution in [2.24, 2.45) is 11.7 Å². The maximum atomic E-state index is 12.6. The number of benzene rings is 1. The van der Waals surface area contributed by atoms with Crippen molar-refractivity contribution in [1.82, 2.24) is 4.90 Å². The minimum Gasteiger partial charge on any atom is -0.342 e. The van der Waals surface area contributed by atoms with Crippen LogP contribution in [0.5, 0.6) is 0 Å². The predicted molar refractivity (Wildman–Crippen MR) is 92.7 cm³/mol. The van der Waals surface area contributed by atoms with Crippen LogP contribution in [0.3, 0.4) is 0 Å². The van der Waals surface area contributed by atoms with Crippen molar-refractivity contribution in [2.45, 2.75) is 32.2 Å². The van der Waals surface area contributed by atoms with E-state index in [-0.39, 0.29) is 36.2 Å². The number of nitrogens with two attached hydrogens (primary N) is 1. The normalized spacial score (nSPS) is 22.2. The summed E-state index contributed by atoms with van der Waals surface area (Å²) in [5.74, 6) is -0.0751. The first-order valence-electron chi connectivity index (χ1n) is 7.96. The first-order valence-corrected chi connectivity index (χ1v) is 7.96. The molecular formula is C17H24ClN3O2. The Bertz CT molecular complexity index is 568. The van der Waals surface area contributed by atoms with Crippen LogP contribution < -0.4 is 10.6 Å². The van der Waals surface area contributed by atoms with Gasteiger partial charge in [0.1, 0.15) is 0 Å². The molecule has 1 aromatic rings. The minimum absolute atomic E-state index is 0. The summed E-state index contributed by atoms with van der Waals surface area (Å²) >= 11 is 0. The van der Waals surface area contributed by atoms with Crippen molar-refractivity contribution in [3.63, 3.8) is 0 Å². The third-order valence-electron chi connectivity index (χ3n) is 4.67. The molecule has 5 nitrogen and oxygen atoms in total. The quantitative estimate of drug-likeness (QED) is 0.893. The van der Waals surface area contributed by atoms with Gasteiger partial charge in [0.15, 0.2) is 0 Å². The summed E-state index contributed by atoms with van der Waals surface area (Å²) in [5, 5.41) is 0. The molecular weight excluding hydrogens is 314 g/mol. The van der Waals surface area contributed by atoms with Crippen LogP contribution in [0.15, 0.2) is 24.3 Å². The van der Waals surface area contributed by atoms with Crippen LogP contribution in [0.1, 0.15) is 24.8 Å². The van der Waals surface area contributed by atoms with Crippen molar-refractivity contribution in [2.75, 3.05) is 24.5 Å². The summed E-state index contributed by atoms with van der Waals surface area (Å²) in [5.41, 5.74) is 7.92. The second-order valence-corrected chi connectivity index (χ2v) is 6.40. The molecule has 2 saturated heterocycles.